The molecule has 0 fully saturated rings. The molecule has 1 aromatic heterocycles. The Morgan fingerprint density at radius 3 is 2.43 bits per heavy atom. The van der Waals surface area contributed by atoms with E-state index in [2.05, 4.69) is 34.3 Å². The van der Waals surface area contributed by atoms with Gasteiger partial charge in [0, 0.05) is 12.1 Å². The number of anilines is 1. The van der Waals surface area contributed by atoms with Crippen molar-refractivity contribution < 1.29 is 9.53 Å². The molecule has 4 rings (SSSR count). The van der Waals surface area contributed by atoms with Crippen molar-refractivity contribution in [1.82, 2.24) is 14.8 Å². The lowest BCUT2D eigenvalue weighted by Gasteiger charge is -2.39. The number of carbonyl (C=O) groups is 1. The molecule has 0 N–H and O–H groups in total. The number of hydrogen-bond donors (Lipinski definition) is 0. The second-order valence-corrected chi connectivity index (χ2v) is 7.37. The number of methoxy groups -OCH3 is 1. The zero-order chi connectivity index (χ0) is 19.7. The molecule has 0 spiro atoms. The number of aryl methyl sites for hydroxylation is 1. The molecule has 0 saturated carbocycles. The second kappa shape index (κ2) is 7.73. The van der Waals surface area contributed by atoms with Crippen molar-refractivity contribution in [1.29, 1.82) is 0 Å². The summed E-state index contributed by atoms with van der Waals surface area (Å²) < 4.78 is 6.92. The highest BCUT2D eigenvalue weighted by Crippen LogP contribution is 2.42. The summed E-state index contributed by atoms with van der Waals surface area (Å²) in [5, 5.41) is 5.10. The Hall–Kier alpha value is -2.70. The molecule has 1 aliphatic heterocycles. The molecular weight excluding hydrogens is 376 g/mol. The van der Waals surface area contributed by atoms with E-state index >= 15 is 0 Å². The minimum Gasteiger partial charge on any atom is -0.375 e. The molecule has 2 aromatic carbocycles. The van der Waals surface area contributed by atoms with Crippen molar-refractivity contribution in [2.75, 3.05) is 18.6 Å². The molecule has 0 aliphatic carbocycles. The first-order valence-corrected chi connectivity index (χ1v) is 9.49. The maximum Gasteiger partial charge on any atom is 0.255 e. The number of carbonyl (C=O) groups excluding carboxylic acids is 1. The van der Waals surface area contributed by atoms with E-state index in [0.29, 0.717) is 17.4 Å². The third-order valence-corrected chi connectivity index (χ3v) is 5.33. The zero-order valence-electron chi connectivity index (χ0n) is 15.7. The third-order valence-electron chi connectivity index (χ3n) is 5.08. The van der Waals surface area contributed by atoms with E-state index in [1.165, 1.54) is 19.0 Å². The molecule has 0 radical (unpaired) electrons. The summed E-state index contributed by atoms with van der Waals surface area (Å²) in [6, 6.07) is 15.8. The molecule has 2 atom stereocenters. The van der Waals surface area contributed by atoms with Gasteiger partial charge in [-0.1, -0.05) is 53.6 Å². The predicted molar refractivity (Wildman–Crippen MR) is 108 cm³/mol. The fourth-order valence-corrected chi connectivity index (χ4v) is 3.83. The Labute approximate surface area is 168 Å². The van der Waals surface area contributed by atoms with Gasteiger partial charge in [-0.15, -0.1) is 0 Å². The highest BCUT2D eigenvalue weighted by Gasteiger charge is 2.39. The maximum absolute atomic E-state index is 12.9. The van der Waals surface area contributed by atoms with Gasteiger partial charge in [0.05, 0.1) is 12.1 Å². The first-order chi connectivity index (χ1) is 13.6. The van der Waals surface area contributed by atoms with Crippen LogP contribution >= 0.6 is 11.6 Å². The van der Waals surface area contributed by atoms with Gasteiger partial charge in [0.25, 0.3) is 5.91 Å². The number of hydrogen-bond acceptors (Lipinski definition) is 4. The monoisotopic (exact) mass is 396 g/mol. The maximum atomic E-state index is 12.9. The largest absolute Gasteiger partial charge is 0.375 e. The minimum absolute atomic E-state index is 0.0131. The number of amides is 1. The minimum atomic E-state index is -0.166. The molecule has 7 heteroatoms. The van der Waals surface area contributed by atoms with Crippen LogP contribution in [0.2, 0.25) is 5.02 Å². The highest BCUT2D eigenvalue weighted by atomic mass is 35.5. The second-order valence-electron chi connectivity index (χ2n) is 6.93. The van der Waals surface area contributed by atoms with Gasteiger partial charge in [-0.05, 0) is 36.6 Å². The molecule has 1 amide bonds. The van der Waals surface area contributed by atoms with Gasteiger partial charge in [0.1, 0.15) is 12.9 Å². The Kier molecular flexibility index (Phi) is 5.15. The molecular formula is C21H21ClN4O2. The molecule has 144 valence electrons. The molecule has 28 heavy (non-hydrogen) atoms. The Balaban J connectivity index is 1.81. The Bertz CT molecular complexity index is 969. The van der Waals surface area contributed by atoms with E-state index < -0.39 is 0 Å². The third kappa shape index (κ3) is 3.41. The van der Waals surface area contributed by atoms with Gasteiger partial charge in [-0.2, -0.15) is 10.1 Å². The molecule has 0 bridgehead atoms. The van der Waals surface area contributed by atoms with Crippen LogP contribution in [-0.2, 0) is 9.53 Å². The van der Waals surface area contributed by atoms with Crippen LogP contribution in [0.25, 0.3) is 0 Å². The van der Waals surface area contributed by atoms with Gasteiger partial charge in [-0.25, -0.2) is 4.68 Å². The van der Waals surface area contributed by atoms with E-state index in [-0.39, 0.29) is 24.6 Å². The van der Waals surface area contributed by atoms with E-state index in [9.17, 15) is 4.79 Å². The lowest BCUT2D eigenvalue weighted by atomic mass is 9.91. The number of aromatic nitrogens is 3. The number of fused-ring (bicyclic) bond motifs is 1. The van der Waals surface area contributed by atoms with E-state index in [4.69, 9.17) is 16.3 Å². The number of ether oxygens (including phenoxy) is 1. The summed E-state index contributed by atoms with van der Waals surface area (Å²) in [5.74, 6) is 0.385. The first kappa shape index (κ1) is 18.7. The van der Waals surface area contributed by atoms with Crippen LogP contribution in [0.5, 0.6) is 0 Å². The number of nitrogens with zero attached hydrogens (tertiary/aromatic N) is 4. The van der Waals surface area contributed by atoms with Crippen LogP contribution in [0.3, 0.4) is 0 Å². The van der Waals surface area contributed by atoms with Crippen molar-refractivity contribution in [3.05, 3.63) is 76.6 Å². The fraction of sp³-hybridized carbons (Fsp3) is 0.286. The quantitative estimate of drug-likeness (QED) is 0.669. The van der Waals surface area contributed by atoms with Crippen LogP contribution in [0.1, 0.15) is 35.2 Å². The number of halogens is 1. The summed E-state index contributed by atoms with van der Waals surface area (Å²) >= 11 is 6.07. The fourth-order valence-electron chi connectivity index (χ4n) is 3.71. The Morgan fingerprint density at radius 1 is 1.11 bits per heavy atom. The zero-order valence-corrected chi connectivity index (χ0v) is 16.5. The summed E-state index contributed by atoms with van der Waals surface area (Å²) in [4.78, 5) is 19.0. The number of benzene rings is 2. The summed E-state index contributed by atoms with van der Waals surface area (Å²) in [6.45, 7) is 2.03. The van der Waals surface area contributed by atoms with Crippen molar-refractivity contribution >= 4 is 23.5 Å². The molecule has 6 nitrogen and oxygen atoms in total. The van der Waals surface area contributed by atoms with Crippen LogP contribution in [0, 0.1) is 6.92 Å². The molecule has 1 aliphatic rings. The normalized spacial score (nSPS) is 18.8. The lowest BCUT2D eigenvalue weighted by Crippen LogP contribution is -2.44. The first-order valence-electron chi connectivity index (χ1n) is 9.11. The van der Waals surface area contributed by atoms with Crippen molar-refractivity contribution in [2.45, 2.75) is 25.4 Å². The van der Waals surface area contributed by atoms with Crippen LogP contribution in [-0.4, -0.2) is 34.4 Å². The average molecular weight is 397 g/mol. The van der Waals surface area contributed by atoms with Gasteiger partial charge in [0.15, 0.2) is 0 Å². The van der Waals surface area contributed by atoms with Gasteiger partial charge >= 0.3 is 0 Å². The topological polar surface area (TPSA) is 60.2 Å². The van der Waals surface area contributed by atoms with Crippen LogP contribution in [0.4, 0.5) is 5.95 Å². The van der Waals surface area contributed by atoms with E-state index in [1.54, 1.807) is 4.90 Å². The molecule has 3 aromatic rings. The summed E-state index contributed by atoms with van der Waals surface area (Å²) in [7, 11) is 1.52. The molecule has 0 saturated heterocycles. The number of rotatable bonds is 4. The van der Waals surface area contributed by atoms with Crippen molar-refractivity contribution in [3.8, 4) is 0 Å². The van der Waals surface area contributed by atoms with Gasteiger partial charge < -0.3 is 4.74 Å². The highest BCUT2D eigenvalue weighted by molar-refractivity contribution is 6.30. The van der Waals surface area contributed by atoms with Crippen molar-refractivity contribution in [3.63, 3.8) is 0 Å². The van der Waals surface area contributed by atoms with E-state index in [0.717, 1.165) is 11.1 Å². The standard InChI is InChI=1S/C21H21ClN4O2/c1-14-3-5-15(6-4-14)18-11-19(16-7-9-17(22)10-8-16)26-21(23-13-24-26)25(18)20(27)12-28-2/h3-10,13,18-19H,11-12H2,1-2H3/t18-,19+/m1/s1. The molecule has 2 heterocycles. The van der Waals surface area contributed by atoms with Crippen LogP contribution < -0.4 is 4.90 Å². The smallest absolute Gasteiger partial charge is 0.255 e. The van der Waals surface area contributed by atoms with Gasteiger partial charge in [0.2, 0.25) is 5.95 Å². The van der Waals surface area contributed by atoms with E-state index in [1.807, 2.05) is 35.9 Å². The lowest BCUT2D eigenvalue weighted by molar-refractivity contribution is -0.123. The molecule has 0 unspecified atom stereocenters. The predicted octanol–water partition coefficient (Wildman–Crippen LogP) is 3.95. The Morgan fingerprint density at radius 2 is 1.75 bits per heavy atom. The average Bonchev–Trinajstić information content (AvgIpc) is 3.18. The van der Waals surface area contributed by atoms with Gasteiger partial charge in [-0.3, -0.25) is 9.69 Å². The van der Waals surface area contributed by atoms with Crippen molar-refractivity contribution in [2.24, 2.45) is 0 Å². The van der Waals surface area contributed by atoms with Crippen LogP contribution in [0.15, 0.2) is 54.9 Å². The summed E-state index contributed by atoms with van der Waals surface area (Å²) in [6.07, 6.45) is 2.17. The summed E-state index contributed by atoms with van der Waals surface area (Å²) in [5.41, 5.74) is 3.31. The SMILES string of the molecule is COCC(=O)N1c2ncnn2[C@H](c2ccc(Cl)cc2)C[C@@H]1c1ccc(C)cc1.